The van der Waals surface area contributed by atoms with Crippen molar-refractivity contribution in [3.8, 4) is 0 Å². The Balaban J connectivity index is 5.30. The van der Waals surface area contributed by atoms with Crippen LogP contribution in [-0.4, -0.2) is 96.7 Å². The number of hydrogen-bond donors (Lipinski definition) is 3. The minimum absolute atomic E-state index is 0.102. The van der Waals surface area contributed by atoms with Gasteiger partial charge in [-0.25, -0.2) is 9.13 Å². The molecule has 0 aliphatic carbocycles. The molecular formula is C79H150O17P2. The van der Waals surface area contributed by atoms with Gasteiger partial charge in [-0.3, -0.25) is 37.3 Å². The second-order valence-electron chi connectivity index (χ2n) is 28.2. The van der Waals surface area contributed by atoms with Crippen molar-refractivity contribution in [2.45, 2.75) is 412 Å². The summed E-state index contributed by atoms with van der Waals surface area (Å²) in [6.07, 6.45) is 64.5. The number of esters is 4. The molecule has 0 spiro atoms. The number of aliphatic hydroxyl groups excluding tert-OH is 1. The van der Waals surface area contributed by atoms with Crippen molar-refractivity contribution < 1.29 is 80.2 Å². The first-order chi connectivity index (χ1) is 47.5. The van der Waals surface area contributed by atoms with Gasteiger partial charge < -0.3 is 33.8 Å². The molecule has 0 fully saturated rings. The van der Waals surface area contributed by atoms with E-state index in [-0.39, 0.29) is 25.7 Å². The summed E-state index contributed by atoms with van der Waals surface area (Å²) in [7, 11) is -9.93. The number of unbranched alkanes of at least 4 members (excludes halogenated alkanes) is 46. The third-order valence-electron chi connectivity index (χ3n) is 17.9. The van der Waals surface area contributed by atoms with Crippen molar-refractivity contribution in [3.63, 3.8) is 0 Å². The van der Waals surface area contributed by atoms with E-state index in [2.05, 4.69) is 58.9 Å². The van der Waals surface area contributed by atoms with Gasteiger partial charge in [0.2, 0.25) is 0 Å². The van der Waals surface area contributed by atoms with Gasteiger partial charge in [0.1, 0.15) is 19.3 Å². The van der Waals surface area contributed by atoms with E-state index in [4.69, 9.17) is 37.0 Å². The van der Waals surface area contributed by atoms with Crippen molar-refractivity contribution in [1.29, 1.82) is 0 Å². The van der Waals surface area contributed by atoms with Gasteiger partial charge in [-0.2, -0.15) is 0 Å². The maximum absolute atomic E-state index is 13.1. The number of carbonyl (C=O) groups is 4. The van der Waals surface area contributed by atoms with Crippen LogP contribution in [0.25, 0.3) is 0 Å². The lowest BCUT2D eigenvalue weighted by Crippen LogP contribution is -2.30. The molecular weight excluding hydrogens is 1280 g/mol. The van der Waals surface area contributed by atoms with Crippen LogP contribution in [0.2, 0.25) is 0 Å². The van der Waals surface area contributed by atoms with Crippen molar-refractivity contribution in [1.82, 2.24) is 0 Å². The monoisotopic (exact) mass is 1430 g/mol. The van der Waals surface area contributed by atoms with Crippen LogP contribution in [0.4, 0.5) is 0 Å². The first-order valence-electron chi connectivity index (χ1n) is 40.5. The Kier molecular flexibility index (Phi) is 69.7. The van der Waals surface area contributed by atoms with Crippen LogP contribution in [0.3, 0.4) is 0 Å². The van der Waals surface area contributed by atoms with Gasteiger partial charge in [-0.15, -0.1) is 0 Å². The normalized spacial score (nSPS) is 14.1. The van der Waals surface area contributed by atoms with Gasteiger partial charge >= 0.3 is 39.5 Å². The van der Waals surface area contributed by atoms with E-state index in [1.807, 2.05) is 0 Å². The highest BCUT2D eigenvalue weighted by atomic mass is 31.2. The number of carbonyl (C=O) groups excluding carboxylic acids is 4. The average Bonchev–Trinajstić information content (AvgIpc) is 1.23. The zero-order chi connectivity index (χ0) is 71.9. The van der Waals surface area contributed by atoms with E-state index in [0.717, 1.165) is 115 Å². The Morgan fingerprint density at radius 2 is 0.551 bits per heavy atom. The second-order valence-corrected chi connectivity index (χ2v) is 31.2. The SMILES string of the molecule is CCCCCC/C=C\C=C/CCCCCCCC(=O)OC[C@H](COP(=O)(O)OC[C@@H](O)COP(=O)(O)OC[C@@H](COC(=O)CCCCCCCCCCCC(C)C)OC(=O)CCCCCCCCCCCCCCCC)OC(=O)CCCCCCCCCCCCCCCCCCC. The van der Waals surface area contributed by atoms with E-state index < -0.39 is 97.5 Å². The molecule has 0 heterocycles. The number of phosphoric acid groups is 2. The fourth-order valence-corrected chi connectivity index (χ4v) is 13.3. The summed E-state index contributed by atoms with van der Waals surface area (Å²) in [4.78, 5) is 72.9. The predicted molar refractivity (Wildman–Crippen MR) is 400 cm³/mol. The minimum atomic E-state index is -4.97. The number of phosphoric ester groups is 2. The molecule has 17 nitrogen and oxygen atoms in total. The summed E-state index contributed by atoms with van der Waals surface area (Å²) in [5.41, 5.74) is 0. The van der Waals surface area contributed by atoms with Gasteiger partial charge in [0, 0.05) is 25.7 Å². The van der Waals surface area contributed by atoms with E-state index in [1.54, 1.807) is 0 Å². The predicted octanol–water partition coefficient (Wildman–Crippen LogP) is 23.2. The Morgan fingerprint density at radius 1 is 0.316 bits per heavy atom. The number of allylic oxidation sites excluding steroid dienone is 4. The first kappa shape index (κ1) is 95.5. The fourth-order valence-electron chi connectivity index (χ4n) is 11.7. The van der Waals surface area contributed by atoms with Crippen molar-refractivity contribution in [2.24, 2.45) is 5.92 Å². The Morgan fingerprint density at radius 3 is 0.837 bits per heavy atom. The zero-order valence-corrected chi connectivity index (χ0v) is 65.2. The van der Waals surface area contributed by atoms with E-state index >= 15 is 0 Å². The van der Waals surface area contributed by atoms with Crippen molar-refractivity contribution in [3.05, 3.63) is 24.3 Å². The summed E-state index contributed by atoms with van der Waals surface area (Å²) in [6.45, 7) is 7.24. The highest BCUT2D eigenvalue weighted by molar-refractivity contribution is 7.47. The van der Waals surface area contributed by atoms with Gasteiger partial charge in [0.15, 0.2) is 12.2 Å². The zero-order valence-electron chi connectivity index (χ0n) is 63.4. The van der Waals surface area contributed by atoms with E-state index in [9.17, 15) is 43.2 Å². The van der Waals surface area contributed by atoms with E-state index in [1.165, 1.54) is 199 Å². The molecule has 3 N–H and O–H groups in total. The molecule has 0 aliphatic heterocycles. The largest absolute Gasteiger partial charge is 0.472 e. The third-order valence-corrected chi connectivity index (χ3v) is 19.8. The second kappa shape index (κ2) is 71.5. The molecule has 98 heavy (non-hydrogen) atoms. The number of ether oxygens (including phenoxy) is 4. The molecule has 0 aromatic heterocycles. The van der Waals surface area contributed by atoms with E-state index in [0.29, 0.717) is 25.7 Å². The first-order valence-corrected chi connectivity index (χ1v) is 43.4. The van der Waals surface area contributed by atoms with Crippen LogP contribution >= 0.6 is 15.6 Å². The fraction of sp³-hybridized carbons (Fsp3) is 0.899. The highest BCUT2D eigenvalue weighted by Gasteiger charge is 2.30. The molecule has 0 radical (unpaired) electrons. The maximum Gasteiger partial charge on any atom is 0.472 e. The summed E-state index contributed by atoms with van der Waals surface area (Å²) in [5, 5.41) is 10.6. The van der Waals surface area contributed by atoms with Crippen LogP contribution < -0.4 is 0 Å². The molecule has 0 aliphatic rings. The number of hydrogen-bond acceptors (Lipinski definition) is 15. The Hall–Kier alpha value is -2.46. The van der Waals surface area contributed by atoms with Crippen LogP contribution in [0.5, 0.6) is 0 Å². The smallest absolute Gasteiger partial charge is 0.462 e. The van der Waals surface area contributed by atoms with Crippen molar-refractivity contribution in [2.75, 3.05) is 39.6 Å². The average molecular weight is 1430 g/mol. The number of rotatable bonds is 77. The van der Waals surface area contributed by atoms with Crippen LogP contribution in [0.15, 0.2) is 24.3 Å². The topological polar surface area (TPSA) is 237 Å². The molecule has 19 heteroatoms. The Bertz CT molecular complexity index is 1970. The lowest BCUT2D eigenvalue weighted by atomic mass is 10.0. The molecule has 0 amide bonds. The molecule has 0 aromatic carbocycles. The van der Waals surface area contributed by atoms with Gasteiger partial charge in [-0.1, -0.05) is 341 Å². The highest BCUT2D eigenvalue weighted by Crippen LogP contribution is 2.45. The van der Waals surface area contributed by atoms with Gasteiger partial charge in [0.05, 0.1) is 26.4 Å². The summed E-state index contributed by atoms with van der Waals surface area (Å²) in [6, 6.07) is 0. The maximum atomic E-state index is 13.1. The van der Waals surface area contributed by atoms with Gasteiger partial charge in [-0.05, 0) is 57.3 Å². The molecule has 0 bridgehead atoms. The van der Waals surface area contributed by atoms with Crippen LogP contribution in [0, 0.1) is 5.92 Å². The van der Waals surface area contributed by atoms with Gasteiger partial charge in [0.25, 0.3) is 0 Å². The minimum Gasteiger partial charge on any atom is -0.462 e. The molecule has 0 rings (SSSR count). The lowest BCUT2D eigenvalue weighted by Gasteiger charge is -2.21. The molecule has 0 saturated heterocycles. The molecule has 0 saturated carbocycles. The summed E-state index contributed by atoms with van der Waals surface area (Å²) >= 11 is 0. The molecule has 578 valence electrons. The lowest BCUT2D eigenvalue weighted by molar-refractivity contribution is -0.161. The number of aliphatic hydroxyl groups is 1. The quantitative estimate of drug-likeness (QED) is 0.0169. The molecule has 0 aromatic rings. The van der Waals surface area contributed by atoms with Crippen molar-refractivity contribution >= 4 is 39.5 Å². The summed E-state index contributed by atoms with van der Waals surface area (Å²) in [5.74, 6) is -1.40. The van der Waals surface area contributed by atoms with Crippen LogP contribution in [0.1, 0.15) is 394 Å². The molecule has 2 unspecified atom stereocenters. The molecule has 5 atom stereocenters. The summed E-state index contributed by atoms with van der Waals surface area (Å²) < 4.78 is 68.6. The Labute approximate surface area is 599 Å². The van der Waals surface area contributed by atoms with Crippen LogP contribution in [-0.2, 0) is 65.4 Å². The standard InChI is InChI=1S/C79H150O17P2/c1-6-9-12-15-18-21-24-27-30-31-33-36-39-44-50-55-60-65-79(84)95-74(68-89-76(81)62-57-52-47-42-37-35-32-28-25-22-19-16-13-10-7-2)70-93-97(85,86)91-66-73(80)67-92-98(87,88)94-71-75(69-90-77(82)63-58-53-48-45-40-41-46-51-56-61-72(4)5)96-78(83)64-59-54-49-43-38-34-29-26-23-20-17-14-11-8-3/h22,25,28,32,72-75,80H,6-21,23-24,26-27,29-31,33-71H2,1-5H3,(H,85,86)(H,87,88)/b25-22-,32-28-/t73-,74-,75-/m1/s1. The third kappa shape index (κ3) is 71.9.